The number of amides is 2. The molecule has 0 radical (unpaired) electrons. The first-order valence-electron chi connectivity index (χ1n) is 8.08. The van der Waals surface area contributed by atoms with Crippen LogP contribution in [0.15, 0.2) is 60.7 Å². The Labute approximate surface area is 147 Å². The number of hydrogen-bond donors (Lipinski definition) is 2. The number of carbonyl (C=O) groups excluding carboxylic acids is 2. The molecule has 2 N–H and O–H groups in total. The summed E-state index contributed by atoms with van der Waals surface area (Å²) in [7, 11) is 1.61. The van der Waals surface area contributed by atoms with Crippen molar-refractivity contribution in [2.45, 2.75) is 13.0 Å². The lowest BCUT2D eigenvalue weighted by Crippen LogP contribution is -2.29. The molecule has 0 saturated heterocycles. The van der Waals surface area contributed by atoms with Gasteiger partial charge >= 0.3 is 0 Å². The number of methoxy groups -OCH3 is 1. The largest absolute Gasteiger partial charge is 0.497 e. The zero-order valence-corrected chi connectivity index (χ0v) is 14.2. The topological polar surface area (TPSA) is 67.4 Å². The Kier molecular flexibility index (Phi) is 7.25. The van der Waals surface area contributed by atoms with Crippen LogP contribution in [0.2, 0.25) is 0 Å². The molecule has 25 heavy (non-hydrogen) atoms. The molecule has 0 aromatic heterocycles. The third-order valence-electron chi connectivity index (χ3n) is 3.53. The van der Waals surface area contributed by atoms with Crippen LogP contribution in [0, 0.1) is 0 Å². The Morgan fingerprint density at radius 2 is 1.72 bits per heavy atom. The van der Waals surface area contributed by atoms with Crippen LogP contribution in [-0.2, 0) is 16.1 Å². The SMILES string of the molecule is COc1ccc(CNC(=O)CCNC(=O)/C=C/c2ccccc2)cc1. The van der Waals surface area contributed by atoms with Crippen molar-refractivity contribution in [1.82, 2.24) is 10.6 Å². The predicted molar refractivity (Wildman–Crippen MR) is 97.9 cm³/mol. The second kappa shape index (κ2) is 9.93. The number of hydrogen-bond acceptors (Lipinski definition) is 3. The molecule has 2 aromatic carbocycles. The second-order valence-electron chi connectivity index (χ2n) is 5.41. The molecule has 0 aliphatic rings. The summed E-state index contributed by atoms with van der Waals surface area (Å²) >= 11 is 0. The summed E-state index contributed by atoms with van der Waals surface area (Å²) < 4.78 is 5.09. The molecule has 0 spiro atoms. The maximum Gasteiger partial charge on any atom is 0.244 e. The predicted octanol–water partition coefficient (Wildman–Crippen LogP) is 2.53. The average Bonchev–Trinajstić information content (AvgIpc) is 2.66. The summed E-state index contributed by atoms with van der Waals surface area (Å²) in [5, 5.41) is 5.51. The molecule has 0 bridgehead atoms. The van der Waals surface area contributed by atoms with Gasteiger partial charge in [0.25, 0.3) is 0 Å². The first-order valence-corrected chi connectivity index (χ1v) is 8.08. The van der Waals surface area contributed by atoms with E-state index < -0.39 is 0 Å². The molecule has 0 unspecified atom stereocenters. The summed E-state index contributed by atoms with van der Waals surface area (Å²) in [5.41, 5.74) is 1.94. The molecule has 2 amide bonds. The van der Waals surface area contributed by atoms with Gasteiger partial charge in [0.1, 0.15) is 5.75 Å². The van der Waals surface area contributed by atoms with Gasteiger partial charge in [-0.1, -0.05) is 42.5 Å². The van der Waals surface area contributed by atoms with Gasteiger partial charge < -0.3 is 15.4 Å². The summed E-state index contributed by atoms with van der Waals surface area (Å²) in [4.78, 5) is 23.5. The molecule has 2 aromatic rings. The van der Waals surface area contributed by atoms with E-state index in [4.69, 9.17) is 4.74 Å². The lowest BCUT2D eigenvalue weighted by molar-refractivity contribution is -0.121. The van der Waals surface area contributed by atoms with Crippen LogP contribution >= 0.6 is 0 Å². The van der Waals surface area contributed by atoms with Crippen LogP contribution < -0.4 is 15.4 Å². The molecule has 130 valence electrons. The van der Waals surface area contributed by atoms with E-state index in [-0.39, 0.29) is 18.2 Å². The van der Waals surface area contributed by atoms with E-state index in [9.17, 15) is 9.59 Å². The van der Waals surface area contributed by atoms with E-state index in [0.29, 0.717) is 13.1 Å². The Morgan fingerprint density at radius 3 is 2.40 bits per heavy atom. The number of benzene rings is 2. The lowest BCUT2D eigenvalue weighted by Gasteiger charge is -2.07. The van der Waals surface area contributed by atoms with Crippen molar-refractivity contribution < 1.29 is 14.3 Å². The highest BCUT2D eigenvalue weighted by atomic mass is 16.5. The van der Waals surface area contributed by atoms with Gasteiger partial charge in [-0.15, -0.1) is 0 Å². The highest BCUT2D eigenvalue weighted by Gasteiger charge is 2.03. The van der Waals surface area contributed by atoms with Gasteiger partial charge in [-0.05, 0) is 29.3 Å². The highest BCUT2D eigenvalue weighted by molar-refractivity contribution is 5.92. The molecular weight excluding hydrogens is 316 g/mol. The third kappa shape index (κ3) is 6.91. The van der Waals surface area contributed by atoms with E-state index in [1.807, 2.05) is 54.6 Å². The van der Waals surface area contributed by atoms with E-state index >= 15 is 0 Å². The van der Waals surface area contributed by atoms with Gasteiger partial charge in [-0.25, -0.2) is 0 Å². The van der Waals surface area contributed by atoms with E-state index in [0.717, 1.165) is 16.9 Å². The van der Waals surface area contributed by atoms with Gasteiger partial charge in [0.15, 0.2) is 0 Å². The van der Waals surface area contributed by atoms with E-state index in [2.05, 4.69) is 10.6 Å². The van der Waals surface area contributed by atoms with E-state index in [1.54, 1.807) is 13.2 Å². The highest BCUT2D eigenvalue weighted by Crippen LogP contribution is 2.10. The normalized spacial score (nSPS) is 10.4. The van der Waals surface area contributed by atoms with Crippen LogP contribution in [-0.4, -0.2) is 25.5 Å². The van der Waals surface area contributed by atoms with Gasteiger partial charge in [-0.3, -0.25) is 9.59 Å². The molecular formula is C20H22N2O3. The Balaban J connectivity index is 1.64. The van der Waals surface area contributed by atoms with Gasteiger partial charge in [-0.2, -0.15) is 0 Å². The Morgan fingerprint density at radius 1 is 1.00 bits per heavy atom. The van der Waals surface area contributed by atoms with Crippen LogP contribution in [0.4, 0.5) is 0 Å². The summed E-state index contributed by atoms with van der Waals surface area (Å²) in [5.74, 6) is 0.455. The van der Waals surface area contributed by atoms with Crippen molar-refractivity contribution in [2.75, 3.05) is 13.7 Å². The van der Waals surface area contributed by atoms with Crippen molar-refractivity contribution in [3.63, 3.8) is 0 Å². The Hall–Kier alpha value is -3.08. The Bertz CT molecular complexity index is 709. The maximum absolute atomic E-state index is 11.8. The standard InChI is InChI=1S/C20H22N2O3/c1-25-18-10-7-17(8-11-18)15-22-20(24)13-14-21-19(23)12-9-16-5-3-2-4-6-16/h2-12H,13-15H2,1H3,(H,21,23)(H,22,24)/b12-9+. The monoisotopic (exact) mass is 338 g/mol. The number of nitrogens with one attached hydrogen (secondary N) is 2. The lowest BCUT2D eigenvalue weighted by atomic mass is 10.2. The maximum atomic E-state index is 11.8. The molecule has 0 fully saturated rings. The summed E-state index contributed by atoms with van der Waals surface area (Å²) in [6.45, 7) is 0.747. The number of rotatable bonds is 8. The molecule has 0 saturated carbocycles. The summed E-state index contributed by atoms with van der Waals surface area (Å²) in [6, 6.07) is 17.1. The number of ether oxygens (including phenoxy) is 1. The molecule has 0 aliphatic heterocycles. The minimum Gasteiger partial charge on any atom is -0.497 e. The van der Waals surface area contributed by atoms with Gasteiger partial charge in [0.2, 0.25) is 11.8 Å². The van der Waals surface area contributed by atoms with Crippen LogP contribution in [0.25, 0.3) is 6.08 Å². The van der Waals surface area contributed by atoms with Crippen LogP contribution in [0.1, 0.15) is 17.5 Å². The third-order valence-corrected chi connectivity index (χ3v) is 3.53. The van der Waals surface area contributed by atoms with Crippen molar-refractivity contribution in [2.24, 2.45) is 0 Å². The minimum absolute atomic E-state index is 0.108. The zero-order chi connectivity index (χ0) is 17.9. The molecule has 5 nitrogen and oxygen atoms in total. The molecule has 2 rings (SSSR count). The quantitative estimate of drug-likeness (QED) is 0.727. The molecule has 0 aliphatic carbocycles. The van der Waals surface area contributed by atoms with Crippen LogP contribution in [0.5, 0.6) is 5.75 Å². The molecule has 0 atom stereocenters. The number of carbonyl (C=O) groups is 2. The zero-order valence-electron chi connectivity index (χ0n) is 14.2. The fourth-order valence-electron chi connectivity index (χ4n) is 2.13. The van der Waals surface area contributed by atoms with Crippen molar-refractivity contribution in [1.29, 1.82) is 0 Å². The van der Waals surface area contributed by atoms with E-state index in [1.165, 1.54) is 6.08 Å². The van der Waals surface area contributed by atoms with Gasteiger partial charge in [0, 0.05) is 25.6 Å². The molecule has 0 heterocycles. The van der Waals surface area contributed by atoms with Crippen LogP contribution in [0.3, 0.4) is 0 Å². The van der Waals surface area contributed by atoms with Crippen molar-refractivity contribution in [3.8, 4) is 5.75 Å². The minimum atomic E-state index is -0.216. The summed E-state index contributed by atoms with van der Waals surface area (Å²) in [6.07, 6.45) is 3.44. The smallest absolute Gasteiger partial charge is 0.244 e. The fraction of sp³-hybridized carbons (Fsp3) is 0.200. The second-order valence-corrected chi connectivity index (χ2v) is 5.41. The first kappa shape index (κ1) is 18.3. The first-order chi connectivity index (χ1) is 12.2. The average molecular weight is 338 g/mol. The molecule has 5 heteroatoms. The van der Waals surface area contributed by atoms with Crippen molar-refractivity contribution in [3.05, 3.63) is 71.8 Å². The van der Waals surface area contributed by atoms with Crippen molar-refractivity contribution >= 4 is 17.9 Å². The van der Waals surface area contributed by atoms with Gasteiger partial charge in [0.05, 0.1) is 7.11 Å². The fourth-order valence-corrected chi connectivity index (χ4v) is 2.13.